The van der Waals surface area contributed by atoms with Gasteiger partial charge in [-0.05, 0) is 49.9 Å². The van der Waals surface area contributed by atoms with Gasteiger partial charge in [0.2, 0.25) is 5.82 Å². The van der Waals surface area contributed by atoms with Crippen LogP contribution in [-0.4, -0.2) is 91.9 Å². The zero-order valence-corrected chi connectivity index (χ0v) is 29.7. The van der Waals surface area contributed by atoms with Gasteiger partial charge in [0.25, 0.3) is 0 Å². The molecule has 3 atom stereocenters. The first kappa shape index (κ1) is 33.7. The minimum Gasteiger partial charge on any atom is -0.461 e. The van der Waals surface area contributed by atoms with Crippen LogP contribution in [0.25, 0.3) is 32.1 Å². The van der Waals surface area contributed by atoms with E-state index in [1.807, 2.05) is 17.0 Å². The number of nitrogens with zero attached hydrogens (tertiary/aromatic N) is 9. The van der Waals surface area contributed by atoms with E-state index in [2.05, 4.69) is 14.9 Å². The second-order valence-corrected chi connectivity index (χ2v) is 15.7. The summed E-state index contributed by atoms with van der Waals surface area (Å²) in [7, 11) is 0. The maximum absolute atomic E-state index is 17.2. The van der Waals surface area contributed by atoms with E-state index in [0.29, 0.717) is 51.3 Å². The van der Waals surface area contributed by atoms with E-state index >= 15 is 4.39 Å². The number of imidazole rings is 1. The number of thiophene rings is 1. The standard InChI is InChI=1S/C36H30ClF3N10O2S/c37-23-12-21-29(28(40)27(23)20-2-3-24(39)30-26(20)22(14-41)31(43)53-30)45-33(52-18-36-4-1-8-48(36)16-19(38)13-36)46-32(21)47-9-5-35(17-47)6-10-50(35)34(51)49-11-7-44-25(49)15-42/h2-3,7,11-12,19H,1,4-6,8-10,13,16-18,43H2/t19-,35?,36+/m1/s1. The fourth-order valence-corrected chi connectivity index (χ4v) is 10.1. The number of halogens is 4. The van der Waals surface area contributed by atoms with Gasteiger partial charge in [0.15, 0.2) is 5.82 Å². The van der Waals surface area contributed by atoms with Crippen LogP contribution in [0.2, 0.25) is 5.02 Å². The summed E-state index contributed by atoms with van der Waals surface area (Å²) in [6, 6.07) is 7.59. The van der Waals surface area contributed by atoms with Gasteiger partial charge >= 0.3 is 12.0 Å². The van der Waals surface area contributed by atoms with Crippen LogP contribution in [0, 0.1) is 34.3 Å². The number of rotatable bonds is 5. The molecule has 0 saturated carbocycles. The number of hydrogen-bond acceptors (Lipinski definition) is 11. The third-order valence-electron chi connectivity index (χ3n) is 11.5. The van der Waals surface area contributed by atoms with Crippen LogP contribution in [-0.2, 0) is 0 Å². The van der Waals surface area contributed by atoms with Crippen LogP contribution < -0.4 is 15.4 Å². The lowest BCUT2D eigenvalue weighted by Crippen LogP contribution is -2.64. The number of nitrogens with two attached hydrogens (primary N) is 1. The number of carbonyl (C=O) groups excluding carboxylic acids is 1. The minimum absolute atomic E-state index is 0.0106. The number of fused-ring (bicyclic) bond motifs is 3. The summed E-state index contributed by atoms with van der Waals surface area (Å²) < 4.78 is 54.3. The van der Waals surface area contributed by atoms with Crippen molar-refractivity contribution in [3.63, 3.8) is 0 Å². The van der Waals surface area contributed by atoms with Crippen LogP contribution in [0.4, 0.5) is 28.8 Å². The number of aromatic nitrogens is 4. The van der Waals surface area contributed by atoms with Gasteiger partial charge in [0, 0.05) is 61.3 Å². The van der Waals surface area contributed by atoms with E-state index in [1.54, 1.807) is 11.0 Å². The molecule has 1 spiro atoms. The molecule has 2 aromatic carbocycles. The molecule has 0 aliphatic carbocycles. The molecule has 4 aliphatic heterocycles. The van der Waals surface area contributed by atoms with Gasteiger partial charge in [-0.3, -0.25) is 4.90 Å². The maximum Gasteiger partial charge on any atom is 0.330 e. The predicted octanol–water partition coefficient (Wildman–Crippen LogP) is 6.24. The number of benzene rings is 2. The van der Waals surface area contributed by atoms with Gasteiger partial charge in [-0.25, -0.2) is 27.5 Å². The lowest BCUT2D eigenvalue weighted by atomic mass is 9.84. The summed E-state index contributed by atoms with van der Waals surface area (Å²) in [5, 5.41) is 19.9. The molecule has 7 heterocycles. The van der Waals surface area contributed by atoms with Gasteiger partial charge in [0.05, 0.1) is 26.4 Å². The van der Waals surface area contributed by atoms with Gasteiger partial charge in [-0.15, -0.1) is 11.3 Å². The molecule has 3 aromatic heterocycles. The molecule has 0 radical (unpaired) electrons. The number of likely N-dealkylation sites (tertiary alicyclic amines) is 1. The number of anilines is 2. The van der Waals surface area contributed by atoms with Crippen molar-refractivity contribution in [2.75, 3.05) is 50.0 Å². The molecule has 53 heavy (non-hydrogen) atoms. The van der Waals surface area contributed by atoms with Crippen molar-refractivity contribution in [2.24, 2.45) is 0 Å². The average Bonchev–Trinajstić information content (AvgIpc) is 3.96. The van der Waals surface area contributed by atoms with Crippen LogP contribution in [0.3, 0.4) is 0 Å². The molecule has 4 saturated heterocycles. The number of alkyl halides is 1. The highest BCUT2D eigenvalue weighted by atomic mass is 35.5. The summed E-state index contributed by atoms with van der Waals surface area (Å²) in [5.41, 5.74) is 4.98. The molecule has 17 heteroatoms. The Kier molecular flexibility index (Phi) is 7.75. The van der Waals surface area contributed by atoms with Crippen LogP contribution >= 0.6 is 22.9 Å². The third-order valence-corrected chi connectivity index (χ3v) is 12.8. The summed E-state index contributed by atoms with van der Waals surface area (Å²) in [4.78, 5) is 32.7. The number of amides is 1. The Bertz CT molecular complexity index is 2460. The van der Waals surface area contributed by atoms with Crippen molar-refractivity contribution in [1.29, 1.82) is 10.5 Å². The number of ether oxygens (including phenoxy) is 1. The summed E-state index contributed by atoms with van der Waals surface area (Å²) >= 11 is 7.79. The maximum atomic E-state index is 17.2. The Morgan fingerprint density at radius 2 is 1.98 bits per heavy atom. The van der Waals surface area contributed by atoms with Gasteiger partial charge < -0.3 is 20.3 Å². The van der Waals surface area contributed by atoms with Crippen molar-refractivity contribution in [3.05, 3.63) is 58.6 Å². The van der Waals surface area contributed by atoms with Crippen molar-refractivity contribution in [3.8, 4) is 29.3 Å². The molecule has 5 aromatic rings. The molecule has 1 unspecified atom stereocenters. The summed E-state index contributed by atoms with van der Waals surface area (Å²) in [5.74, 6) is -1.10. The Morgan fingerprint density at radius 1 is 1.15 bits per heavy atom. The number of nitrogen functional groups attached to an aromatic ring is 1. The van der Waals surface area contributed by atoms with E-state index in [0.717, 1.165) is 30.7 Å². The van der Waals surface area contributed by atoms with E-state index in [-0.39, 0.29) is 72.2 Å². The SMILES string of the molecule is N#Cc1c(N)sc2c(F)ccc(-c3c(Cl)cc4c(N5CCC6(CCN6C(=O)n6ccnc6C#N)C5)nc(OC[C@@]56CCCN5C[C@H](F)C6)nc4c3F)c12. The Labute approximate surface area is 309 Å². The number of carbonyl (C=O) groups is 1. The first-order valence-electron chi connectivity index (χ1n) is 17.2. The lowest BCUT2D eigenvalue weighted by molar-refractivity contribution is 0.0414. The van der Waals surface area contributed by atoms with E-state index < -0.39 is 28.9 Å². The topological polar surface area (TPSA) is 153 Å². The quantitative estimate of drug-likeness (QED) is 0.218. The monoisotopic (exact) mass is 758 g/mol. The molecular formula is C36H30ClF3N10O2S. The molecule has 2 N–H and O–H groups in total. The Morgan fingerprint density at radius 3 is 2.75 bits per heavy atom. The fraction of sp³-hybridized carbons (Fsp3) is 0.389. The zero-order valence-electron chi connectivity index (χ0n) is 28.1. The highest BCUT2D eigenvalue weighted by Crippen LogP contribution is 2.48. The molecule has 4 aliphatic rings. The van der Waals surface area contributed by atoms with Crippen molar-refractivity contribution >= 4 is 60.8 Å². The normalized spacial score (nSPS) is 23.8. The largest absolute Gasteiger partial charge is 0.461 e. The Hall–Kier alpha value is -5.16. The third kappa shape index (κ3) is 5.03. The molecule has 9 rings (SSSR count). The van der Waals surface area contributed by atoms with Crippen LogP contribution in [0.15, 0.2) is 30.6 Å². The van der Waals surface area contributed by atoms with E-state index in [4.69, 9.17) is 27.1 Å². The van der Waals surface area contributed by atoms with E-state index in [1.165, 1.54) is 29.1 Å². The Balaban J connectivity index is 1.15. The highest BCUT2D eigenvalue weighted by molar-refractivity contribution is 7.23. The molecule has 270 valence electrons. The molecule has 1 amide bonds. The minimum atomic E-state index is -0.980. The molecular weight excluding hydrogens is 729 g/mol. The average molecular weight is 759 g/mol. The molecule has 4 fully saturated rings. The zero-order chi connectivity index (χ0) is 36.8. The second kappa shape index (κ2) is 12.2. The summed E-state index contributed by atoms with van der Waals surface area (Å²) in [6.07, 6.45) is 5.12. The fourth-order valence-electron chi connectivity index (χ4n) is 8.84. The summed E-state index contributed by atoms with van der Waals surface area (Å²) in [6.45, 7) is 2.47. The number of nitriles is 2. The van der Waals surface area contributed by atoms with Crippen molar-refractivity contribution in [1.82, 2.24) is 29.3 Å². The predicted molar refractivity (Wildman–Crippen MR) is 192 cm³/mol. The lowest BCUT2D eigenvalue weighted by Gasteiger charge is -2.50. The molecule has 12 nitrogen and oxygen atoms in total. The van der Waals surface area contributed by atoms with Gasteiger partial charge in [0.1, 0.15) is 47.1 Å². The van der Waals surface area contributed by atoms with Gasteiger partial charge in [-0.1, -0.05) is 17.7 Å². The smallest absolute Gasteiger partial charge is 0.330 e. The second-order valence-electron chi connectivity index (χ2n) is 14.2. The van der Waals surface area contributed by atoms with Crippen molar-refractivity contribution in [2.45, 2.75) is 49.4 Å². The van der Waals surface area contributed by atoms with E-state index in [9.17, 15) is 24.1 Å². The number of hydrogen-bond donors (Lipinski definition) is 1. The van der Waals surface area contributed by atoms with Crippen LogP contribution in [0.5, 0.6) is 6.01 Å². The first-order valence-corrected chi connectivity index (χ1v) is 18.4. The van der Waals surface area contributed by atoms with Gasteiger partial charge in [-0.2, -0.15) is 20.5 Å². The first-order chi connectivity index (χ1) is 25.6. The van der Waals surface area contributed by atoms with Crippen LogP contribution in [0.1, 0.15) is 43.5 Å². The molecule has 0 bridgehead atoms. The van der Waals surface area contributed by atoms with Crippen molar-refractivity contribution < 1.29 is 22.7 Å². The highest BCUT2D eigenvalue weighted by Gasteiger charge is 2.53.